The number of carbonyl (C=O) groups excluding carboxylic acids is 2. The minimum atomic E-state index is -0.442. The van der Waals surface area contributed by atoms with Crippen molar-refractivity contribution in [2.45, 2.75) is 35.8 Å². The van der Waals surface area contributed by atoms with Gasteiger partial charge in [-0.2, -0.15) is 0 Å². The van der Waals surface area contributed by atoms with E-state index in [2.05, 4.69) is 16.7 Å². The van der Waals surface area contributed by atoms with Crippen molar-refractivity contribution in [3.05, 3.63) is 52.5 Å². The van der Waals surface area contributed by atoms with Crippen LogP contribution in [0.5, 0.6) is 0 Å². The van der Waals surface area contributed by atoms with Gasteiger partial charge in [-0.05, 0) is 60.7 Å². The molecule has 0 fully saturated rings. The SMILES string of the molecule is O=C(CC1Sc2ccc(Cl)cc2NC1=O)Nc1ccc2c(c1)CCC2. The normalized spacial score (nSPS) is 18.3. The van der Waals surface area contributed by atoms with E-state index in [1.54, 1.807) is 12.1 Å². The van der Waals surface area contributed by atoms with E-state index in [9.17, 15) is 9.59 Å². The third kappa shape index (κ3) is 3.53. The zero-order valence-electron chi connectivity index (χ0n) is 13.5. The molecule has 1 heterocycles. The second-order valence-electron chi connectivity index (χ2n) is 6.33. The first kappa shape index (κ1) is 16.5. The first-order chi connectivity index (χ1) is 12.1. The molecule has 25 heavy (non-hydrogen) atoms. The van der Waals surface area contributed by atoms with Gasteiger partial charge < -0.3 is 10.6 Å². The number of aryl methyl sites for hydroxylation is 2. The Balaban J connectivity index is 1.42. The maximum absolute atomic E-state index is 12.4. The number of thioether (sulfide) groups is 1. The van der Waals surface area contributed by atoms with Crippen LogP contribution in [0.3, 0.4) is 0 Å². The van der Waals surface area contributed by atoms with Crippen molar-refractivity contribution in [1.29, 1.82) is 0 Å². The lowest BCUT2D eigenvalue weighted by molar-refractivity contribution is -0.120. The zero-order chi connectivity index (χ0) is 17.4. The van der Waals surface area contributed by atoms with Crippen LogP contribution >= 0.6 is 23.4 Å². The van der Waals surface area contributed by atoms with Gasteiger partial charge >= 0.3 is 0 Å². The quantitative estimate of drug-likeness (QED) is 0.845. The highest BCUT2D eigenvalue weighted by Gasteiger charge is 2.29. The Labute approximate surface area is 155 Å². The van der Waals surface area contributed by atoms with E-state index >= 15 is 0 Å². The number of hydrogen-bond acceptors (Lipinski definition) is 3. The van der Waals surface area contributed by atoms with Gasteiger partial charge in [0.25, 0.3) is 0 Å². The molecule has 2 aliphatic rings. The fourth-order valence-corrected chi connectivity index (χ4v) is 4.55. The Morgan fingerprint density at radius 1 is 1.20 bits per heavy atom. The Hall–Kier alpha value is -1.98. The number of hydrogen-bond donors (Lipinski definition) is 2. The van der Waals surface area contributed by atoms with Crippen LogP contribution < -0.4 is 10.6 Å². The van der Waals surface area contributed by atoms with Crippen LogP contribution in [0.1, 0.15) is 24.0 Å². The molecular weight excluding hydrogens is 356 g/mol. The van der Waals surface area contributed by atoms with E-state index in [0.29, 0.717) is 10.7 Å². The Kier molecular flexibility index (Phi) is 4.44. The summed E-state index contributed by atoms with van der Waals surface area (Å²) in [6, 6.07) is 11.4. The monoisotopic (exact) mass is 372 g/mol. The molecule has 0 aromatic heterocycles. The minimum absolute atomic E-state index is 0.135. The number of fused-ring (bicyclic) bond motifs is 2. The van der Waals surface area contributed by atoms with Gasteiger partial charge in [0, 0.05) is 22.0 Å². The number of halogens is 1. The molecule has 128 valence electrons. The predicted molar refractivity (Wildman–Crippen MR) is 101 cm³/mol. The molecule has 0 radical (unpaired) electrons. The number of amides is 2. The zero-order valence-corrected chi connectivity index (χ0v) is 15.0. The van der Waals surface area contributed by atoms with Gasteiger partial charge in [-0.25, -0.2) is 0 Å². The minimum Gasteiger partial charge on any atom is -0.326 e. The highest BCUT2D eigenvalue weighted by Crippen LogP contribution is 2.38. The van der Waals surface area contributed by atoms with Crippen LogP contribution in [-0.4, -0.2) is 17.1 Å². The third-order valence-corrected chi connectivity index (χ3v) is 6.02. The summed E-state index contributed by atoms with van der Waals surface area (Å²) >= 11 is 7.35. The average Bonchev–Trinajstić information content (AvgIpc) is 3.03. The molecule has 0 spiro atoms. The van der Waals surface area contributed by atoms with E-state index in [1.165, 1.54) is 29.3 Å². The molecule has 6 heteroatoms. The molecule has 0 saturated carbocycles. The van der Waals surface area contributed by atoms with E-state index in [-0.39, 0.29) is 18.2 Å². The van der Waals surface area contributed by atoms with E-state index in [0.717, 1.165) is 23.4 Å². The largest absolute Gasteiger partial charge is 0.326 e. The fourth-order valence-electron chi connectivity index (χ4n) is 3.29. The van der Waals surface area contributed by atoms with Gasteiger partial charge in [-0.15, -0.1) is 11.8 Å². The second-order valence-corrected chi connectivity index (χ2v) is 8.01. The molecule has 1 aliphatic carbocycles. The van der Waals surface area contributed by atoms with Gasteiger partial charge in [0.2, 0.25) is 11.8 Å². The number of benzene rings is 2. The van der Waals surface area contributed by atoms with Crippen molar-refractivity contribution in [2.75, 3.05) is 10.6 Å². The summed E-state index contributed by atoms with van der Waals surface area (Å²) in [5.74, 6) is -0.313. The average molecular weight is 373 g/mol. The van der Waals surface area contributed by atoms with Gasteiger partial charge in [0.05, 0.1) is 10.9 Å². The number of anilines is 2. The van der Waals surface area contributed by atoms with Crippen molar-refractivity contribution in [3.63, 3.8) is 0 Å². The van der Waals surface area contributed by atoms with Crippen molar-refractivity contribution in [2.24, 2.45) is 0 Å². The smallest absolute Gasteiger partial charge is 0.238 e. The van der Waals surface area contributed by atoms with Crippen LogP contribution in [-0.2, 0) is 22.4 Å². The van der Waals surface area contributed by atoms with Crippen LogP contribution in [0.4, 0.5) is 11.4 Å². The molecular formula is C19H17ClN2O2S. The summed E-state index contributed by atoms with van der Waals surface area (Å²) in [6.07, 6.45) is 3.50. The molecule has 4 rings (SSSR count). The summed E-state index contributed by atoms with van der Waals surface area (Å²) in [6.45, 7) is 0. The molecule has 4 nitrogen and oxygen atoms in total. The Morgan fingerprint density at radius 3 is 2.92 bits per heavy atom. The maximum Gasteiger partial charge on any atom is 0.238 e. The molecule has 2 aromatic carbocycles. The lowest BCUT2D eigenvalue weighted by atomic mass is 10.1. The lowest BCUT2D eigenvalue weighted by Crippen LogP contribution is -2.32. The standard InChI is InChI=1S/C19H17ClN2O2S/c20-13-5-7-16-15(9-13)22-19(24)17(25-16)10-18(23)21-14-6-4-11-2-1-3-12(11)8-14/h4-9,17H,1-3,10H2,(H,21,23)(H,22,24). The summed E-state index contributed by atoms with van der Waals surface area (Å²) in [7, 11) is 0. The molecule has 2 amide bonds. The van der Waals surface area contributed by atoms with Crippen molar-refractivity contribution in [3.8, 4) is 0 Å². The molecule has 1 unspecified atom stereocenters. The molecule has 0 saturated heterocycles. The predicted octanol–water partition coefficient (Wildman–Crippen LogP) is 4.27. The Bertz CT molecular complexity index is 868. The van der Waals surface area contributed by atoms with Crippen LogP contribution in [0.15, 0.2) is 41.3 Å². The molecule has 2 N–H and O–H groups in total. The number of carbonyl (C=O) groups is 2. The lowest BCUT2D eigenvalue weighted by Gasteiger charge is -2.23. The van der Waals surface area contributed by atoms with Crippen LogP contribution in [0.25, 0.3) is 0 Å². The van der Waals surface area contributed by atoms with E-state index < -0.39 is 5.25 Å². The van der Waals surface area contributed by atoms with Gasteiger partial charge in [0.1, 0.15) is 0 Å². The first-order valence-electron chi connectivity index (χ1n) is 8.27. The van der Waals surface area contributed by atoms with Crippen molar-refractivity contribution >= 4 is 46.6 Å². The number of nitrogens with one attached hydrogen (secondary N) is 2. The van der Waals surface area contributed by atoms with Crippen LogP contribution in [0.2, 0.25) is 5.02 Å². The maximum atomic E-state index is 12.4. The second kappa shape index (κ2) is 6.73. The summed E-state index contributed by atoms with van der Waals surface area (Å²) in [4.78, 5) is 25.6. The van der Waals surface area contributed by atoms with E-state index in [1.807, 2.05) is 18.2 Å². The fraction of sp³-hybridized carbons (Fsp3) is 0.263. The highest BCUT2D eigenvalue weighted by atomic mass is 35.5. The Morgan fingerprint density at radius 2 is 2.04 bits per heavy atom. The van der Waals surface area contributed by atoms with Crippen molar-refractivity contribution < 1.29 is 9.59 Å². The van der Waals surface area contributed by atoms with Gasteiger partial charge in [-0.1, -0.05) is 17.7 Å². The summed E-state index contributed by atoms with van der Waals surface area (Å²) < 4.78 is 0. The first-order valence-corrected chi connectivity index (χ1v) is 9.53. The number of rotatable bonds is 3. The highest BCUT2D eigenvalue weighted by molar-refractivity contribution is 8.01. The molecule has 2 aromatic rings. The van der Waals surface area contributed by atoms with Crippen molar-refractivity contribution in [1.82, 2.24) is 0 Å². The summed E-state index contributed by atoms with van der Waals surface area (Å²) in [5, 5.41) is 5.88. The molecule has 1 aliphatic heterocycles. The summed E-state index contributed by atoms with van der Waals surface area (Å²) in [5.41, 5.74) is 4.20. The molecule has 1 atom stereocenters. The van der Waals surface area contributed by atoms with Gasteiger partial charge in [0.15, 0.2) is 0 Å². The topological polar surface area (TPSA) is 58.2 Å². The molecule has 0 bridgehead atoms. The van der Waals surface area contributed by atoms with E-state index in [4.69, 9.17) is 11.6 Å². The van der Waals surface area contributed by atoms with Crippen LogP contribution in [0, 0.1) is 0 Å². The third-order valence-electron chi connectivity index (χ3n) is 4.51. The van der Waals surface area contributed by atoms with Gasteiger partial charge in [-0.3, -0.25) is 9.59 Å².